The second kappa shape index (κ2) is 6.94. The van der Waals surface area contributed by atoms with E-state index in [0.29, 0.717) is 5.02 Å². The summed E-state index contributed by atoms with van der Waals surface area (Å²) in [6.07, 6.45) is 4.21. The molecule has 1 aliphatic carbocycles. The molecule has 21 heavy (non-hydrogen) atoms. The van der Waals surface area contributed by atoms with Gasteiger partial charge in [-0.2, -0.15) is 0 Å². The number of amides is 2. The monoisotopic (exact) mass is 308 g/mol. The van der Waals surface area contributed by atoms with E-state index < -0.39 is 6.04 Å². The fourth-order valence-electron chi connectivity index (χ4n) is 2.88. The van der Waals surface area contributed by atoms with Crippen LogP contribution >= 0.6 is 11.6 Å². The van der Waals surface area contributed by atoms with E-state index >= 15 is 0 Å². The Kier molecular flexibility index (Phi) is 5.23. The molecular weight excluding hydrogens is 288 g/mol. The van der Waals surface area contributed by atoms with E-state index in [0.717, 1.165) is 36.9 Å². The summed E-state index contributed by atoms with van der Waals surface area (Å²) in [5, 5.41) is 6.34. The van der Waals surface area contributed by atoms with Gasteiger partial charge in [-0.25, -0.2) is 0 Å². The maximum absolute atomic E-state index is 12.5. The second-order valence-electron chi connectivity index (χ2n) is 5.67. The Morgan fingerprint density at radius 2 is 1.95 bits per heavy atom. The number of hydrogen-bond donors (Lipinski definition) is 2. The smallest absolute Gasteiger partial charge is 0.247 e. The molecule has 4 nitrogen and oxygen atoms in total. The van der Waals surface area contributed by atoms with E-state index in [1.54, 1.807) is 18.2 Å². The van der Waals surface area contributed by atoms with Crippen LogP contribution in [0, 0.1) is 12.8 Å². The summed E-state index contributed by atoms with van der Waals surface area (Å²) in [5.41, 5.74) is 1.64. The molecule has 114 valence electrons. The van der Waals surface area contributed by atoms with Crippen molar-refractivity contribution in [2.45, 2.75) is 45.6 Å². The Hall–Kier alpha value is -1.55. The fraction of sp³-hybridized carbons (Fsp3) is 0.500. The first-order chi connectivity index (χ1) is 9.97. The molecule has 5 heteroatoms. The van der Waals surface area contributed by atoms with Crippen molar-refractivity contribution in [3.05, 3.63) is 28.8 Å². The molecule has 1 aromatic carbocycles. The number of halogens is 1. The van der Waals surface area contributed by atoms with Gasteiger partial charge in [-0.05, 0) is 49.4 Å². The van der Waals surface area contributed by atoms with Crippen molar-refractivity contribution in [2.75, 3.05) is 5.32 Å². The molecule has 2 N–H and O–H groups in total. The van der Waals surface area contributed by atoms with Gasteiger partial charge >= 0.3 is 0 Å². The highest BCUT2D eigenvalue weighted by atomic mass is 35.5. The van der Waals surface area contributed by atoms with Gasteiger partial charge in [-0.1, -0.05) is 24.4 Å². The first-order valence-electron chi connectivity index (χ1n) is 7.31. The minimum absolute atomic E-state index is 0.150. The highest BCUT2D eigenvalue weighted by Gasteiger charge is 2.31. The molecular formula is C16H21ClN2O2. The zero-order chi connectivity index (χ0) is 15.4. The Bertz CT molecular complexity index is 539. The topological polar surface area (TPSA) is 58.2 Å². The summed E-state index contributed by atoms with van der Waals surface area (Å²) in [6.45, 7) is 3.34. The van der Waals surface area contributed by atoms with Crippen LogP contribution in [-0.2, 0) is 9.59 Å². The van der Waals surface area contributed by atoms with Gasteiger partial charge < -0.3 is 10.6 Å². The first-order valence-corrected chi connectivity index (χ1v) is 7.69. The molecule has 1 saturated carbocycles. The second-order valence-corrected chi connectivity index (χ2v) is 6.11. The molecule has 1 aliphatic rings. The normalized spacial score (nSPS) is 16.5. The van der Waals surface area contributed by atoms with E-state index in [-0.39, 0.29) is 17.7 Å². The third kappa shape index (κ3) is 4.21. The van der Waals surface area contributed by atoms with Crippen LogP contribution in [0.25, 0.3) is 0 Å². The van der Waals surface area contributed by atoms with Crippen LogP contribution in [0.2, 0.25) is 5.02 Å². The Morgan fingerprint density at radius 1 is 1.29 bits per heavy atom. The predicted octanol–water partition coefficient (Wildman–Crippen LogP) is 3.28. The van der Waals surface area contributed by atoms with E-state index in [9.17, 15) is 9.59 Å². The molecule has 0 aromatic heterocycles. The van der Waals surface area contributed by atoms with E-state index in [1.165, 1.54) is 6.92 Å². The number of hydrogen-bond acceptors (Lipinski definition) is 2. The Morgan fingerprint density at radius 3 is 2.52 bits per heavy atom. The van der Waals surface area contributed by atoms with Crippen molar-refractivity contribution in [1.82, 2.24) is 5.32 Å². The van der Waals surface area contributed by atoms with Crippen molar-refractivity contribution in [1.29, 1.82) is 0 Å². The average molecular weight is 309 g/mol. The van der Waals surface area contributed by atoms with Gasteiger partial charge in [0, 0.05) is 17.6 Å². The number of aryl methyl sites for hydroxylation is 1. The van der Waals surface area contributed by atoms with Crippen molar-refractivity contribution in [3.8, 4) is 0 Å². The minimum Gasteiger partial charge on any atom is -0.344 e. The number of carbonyl (C=O) groups excluding carboxylic acids is 2. The molecule has 1 fully saturated rings. The number of nitrogens with one attached hydrogen (secondary N) is 2. The molecule has 0 aliphatic heterocycles. The average Bonchev–Trinajstić information content (AvgIpc) is 2.92. The summed E-state index contributed by atoms with van der Waals surface area (Å²) in [6, 6.07) is 4.88. The molecule has 2 rings (SSSR count). The lowest BCUT2D eigenvalue weighted by molar-refractivity contribution is -0.126. The first kappa shape index (κ1) is 15.8. The zero-order valence-corrected chi connectivity index (χ0v) is 13.2. The van der Waals surface area contributed by atoms with Gasteiger partial charge in [-0.3, -0.25) is 9.59 Å². The third-order valence-corrected chi connectivity index (χ3v) is 4.19. The summed E-state index contributed by atoms with van der Waals surface area (Å²) < 4.78 is 0. The van der Waals surface area contributed by atoms with Gasteiger partial charge in [0.15, 0.2) is 0 Å². The SMILES string of the molecule is CC(=O)NC(C(=O)Nc1ccc(Cl)cc1C)C1CCCC1. The summed E-state index contributed by atoms with van der Waals surface area (Å²) in [7, 11) is 0. The summed E-state index contributed by atoms with van der Waals surface area (Å²) in [4.78, 5) is 23.9. The third-order valence-electron chi connectivity index (χ3n) is 3.96. The highest BCUT2D eigenvalue weighted by Crippen LogP contribution is 2.29. The predicted molar refractivity (Wildman–Crippen MR) is 84.4 cm³/mol. The largest absolute Gasteiger partial charge is 0.344 e. The van der Waals surface area contributed by atoms with Gasteiger partial charge in [0.05, 0.1) is 0 Å². The molecule has 0 saturated heterocycles. The lowest BCUT2D eigenvalue weighted by Gasteiger charge is -2.23. The molecule has 1 unspecified atom stereocenters. The van der Waals surface area contributed by atoms with Crippen LogP contribution in [0.5, 0.6) is 0 Å². The van der Waals surface area contributed by atoms with Crippen LogP contribution < -0.4 is 10.6 Å². The van der Waals surface area contributed by atoms with Crippen LogP contribution in [0.1, 0.15) is 38.2 Å². The van der Waals surface area contributed by atoms with Gasteiger partial charge in [-0.15, -0.1) is 0 Å². The van der Waals surface area contributed by atoms with Crippen molar-refractivity contribution >= 4 is 29.1 Å². The highest BCUT2D eigenvalue weighted by molar-refractivity contribution is 6.30. The standard InChI is InChI=1S/C16H21ClN2O2/c1-10-9-13(17)7-8-14(10)19-16(21)15(18-11(2)20)12-5-3-4-6-12/h7-9,12,15H,3-6H2,1-2H3,(H,18,20)(H,19,21). The number of rotatable bonds is 4. The summed E-state index contributed by atoms with van der Waals surface area (Å²) in [5.74, 6) is -0.0982. The molecule has 0 spiro atoms. The Balaban J connectivity index is 2.11. The maximum atomic E-state index is 12.5. The molecule has 0 radical (unpaired) electrons. The van der Waals surface area contributed by atoms with Gasteiger partial charge in [0.1, 0.15) is 6.04 Å². The zero-order valence-electron chi connectivity index (χ0n) is 12.4. The molecule has 0 bridgehead atoms. The van der Waals surface area contributed by atoms with Gasteiger partial charge in [0.2, 0.25) is 11.8 Å². The van der Waals surface area contributed by atoms with Crippen LogP contribution in [0.3, 0.4) is 0 Å². The minimum atomic E-state index is -0.458. The van der Waals surface area contributed by atoms with Crippen molar-refractivity contribution in [3.63, 3.8) is 0 Å². The molecule has 1 aromatic rings. The maximum Gasteiger partial charge on any atom is 0.247 e. The lowest BCUT2D eigenvalue weighted by Crippen LogP contribution is -2.47. The summed E-state index contributed by atoms with van der Waals surface area (Å²) >= 11 is 5.92. The fourth-order valence-corrected chi connectivity index (χ4v) is 3.11. The lowest BCUT2D eigenvalue weighted by atomic mass is 9.97. The molecule has 0 heterocycles. The van der Waals surface area contributed by atoms with Crippen LogP contribution in [0.4, 0.5) is 5.69 Å². The van der Waals surface area contributed by atoms with Crippen LogP contribution in [-0.4, -0.2) is 17.9 Å². The molecule has 1 atom stereocenters. The number of anilines is 1. The van der Waals surface area contributed by atoms with E-state index in [1.807, 2.05) is 6.92 Å². The van der Waals surface area contributed by atoms with Crippen molar-refractivity contribution in [2.24, 2.45) is 5.92 Å². The van der Waals surface area contributed by atoms with Crippen LogP contribution in [0.15, 0.2) is 18.2 Å². The number of carbonyl (C=O) groups is 2. The van der Waals surface area contributed by atoms with E-state index in [2.05, 4.69) is 10.6 Å². The Labute approximate surface area is 130 Å². The molecule has 2 amide bonds. The van der Waals surface area contributed by atoms with Gasteiger partial charge in [0.25, 0.3) is 0 Å². The van der Waals surface area contributed by atoms with E-state index in [4.69, 9.17) is 11.6 Å². The van der Waals surface area contributed by atoms with Crippen molar-refractivity contribution < 1.29 is 9.59 Å². The quantitative estimate of drug-likeness (QED) is 0.896. The number of benzene rings is 1.